The third kappa shape index (κ3) is 11.1. The molecule has 2 aliphatic rings. The van der Waals surface area contributed by atoms with Crippen molar-refractivity contribution in [3.63, 3.8) is 0 Å². The lowest BCUT2D eigenvalue weighted by Crippen LogP contribution is -2.61. The minimum Gasteiger partial charge on any atom is -0.458 e. The lowest BCUT2D eigenvalue weighted by atomic mass is 9.86. The molecule has 5 amide bonds. The molecule has 1 aromatic carbocycles. The molecule has 0 radical (unpaired) electrons. The van der Waals surface area contributed by atoms with Gasteiger partial charge in [0.15, 0.2) is 0 Å². The molecule has 0 saturated carbocycles. The van der Waals surface area contributed by atoms with E-state index in [9.17, 15) is 28.8 Å². The van der Waals surface area contributed by atoms with Gasteiger partial charge in [0.25, 0.3) is 5.91 Å². The van der Waals surface area contributed by atoms with Crippen LogP contribution in [0.5, 0.6) is 0 Å². The van der Waals surface area contributed by atoms with E-state index >= 15 is 0 Å². The summed E-state index contributed by atoms with van der Waals surface area (Å²) in [6.07, 6.45) is 4.71. The van der Waals surface area contributed by atoms with Crippen LogP contribution >= 0.6 is 0 Å². The number of unbranched alkanes of at least 4 members (excludes halogenated alkanes) is 1. The molecule has 1 unspecified atom stereocenters. The van der Waals surface area contributed by atoms with Crippen LogP contribution in [0, 0.1) is 23.2 Å². The molecule has 1 fully saturated rings. The van der Waals surface area contributed by atoms with Gasteiger partial charge in [-0.2, -0.15) is 0 Å². The predicted molar refractivity (Wildman–Crippen MR) is 200 cm³/mol. The Balaban J connectivity index is 1.95. The number of rotatable bonds is 15. The van der Waals surface area contributed by atoms with Crippen LogP contribution < -0.4 is 21.3 Å². The highest BCUT2D eigenvalue weighted by molar-refractivity contribution is 6.38. The van der Waals surface area contributed by atoms with Crippen molar-refractivity contribution >= 4 is 35.5 Å². The van der Waals surface area contributed by atoms with E-state index in [2.05, 4.69) is 27.8 Å². The smallest absolute Gasteiger partial charge is 0.329 e. The number of likely N-dealkylation sites (tertiary alicyclic amines) is 1. The Morgan fingerprint density at radius 3 is 2.10 bits per heavy atom. The number of urea groups is 1. The summed E-state index contributed by atoms with van der Waals surface area (Å²) in [5.41, 5.74) is 0.675. The number of amides is 5. The van der Waals surface area contributed by atoms with Gasteiger partial charge < -0.3 is 30.9 Å². The van der Waals surface area contributed by atoms with Crippen molar-refractivity contribution in [2.75, 3.05) is 13.1 Å². The lowest BCUT2D eigenvalue weighted by molar-refractivity contribution is -0.160. The molecule has 0 spiro atoms. The summed E-state index contributed by atoms with van der Waals surface area (Å²) in [7, 11) is 0. The zero-order valence-electron chi connectivity index (χ0n) is 32.6. The number of ketones is 1. The Morgan fingerprint density at radius 1 is 0.962 bits per heavy atom. The first kappa shape index (κ1) is 42.2. The molecule has 0 aromatic heterocycles. The molecule has 0 bridgehead atoms. The van der Waals surface area contributed by atoms with Gasteiger partial charge in [0.2, 0.25) is 17.6 Å². The maximum Gasteiger partial charge on any atom is 0.329 e. The van der Waals surface area contributed by atoms with E-state index in [4.69, 9.17) is 4.74 Å². The molecule has 12 nitrogen and oxygen atoms in total. The van der Waals surface area contributed by atoms with E-state index < -0.39 is 70.7 Å². The number of Topliss-reactive ketones (excluding diaryl/α,β-unsaturated/α-hetero) is 1. The highest BCUT2D eigenvalue weighted by atomic mass is 16.6. The first-order chi connectivity index (χ1) is 24.3. The van der Waals surface area contributed by atoms with Crippen molar-refractivity contribution in [1.82, 2.24) is 26.2 Å². The van der Waals surface area contributed by atoms with Crippen LogP contribution in [0.15, 0.2) is 36.9 Å². The number of fused-ring (bicyclic) bond motifs is 1. The van der Waals surface area contributed by atoms with Crippen molar-refractivity contribution in [2.45, 2.75) is 131 Å². The summed E-state index contributed by atoms with van der Waals surface area (Å²) in [5, 5.41) is 11.0. The van der Waals surface area contributed by atoms with Crippen molar-refractivity contribution in [1.29, 1.82) is 0 Å². The van der Waals surface area contributed by atoms with Crippen LogP contribution in [0.2, 0.25) is 0 Å². The number of esters is 1. The molecule has 12 heteroatoms. The highest BCUT2D eigenvalue weighted by Gasteiger charge is 2.48. The van der Waals surface area contributed by atoms with Gasteiger partial charge in [-0.25, -0.2) is 9.59 Å². The second kappa shape index (κ2) is 18.0. The van der Waals surface area contributed by atoms with E-state index in [-0.39, 0.29) is 37.3 Å². The normalized spacial score (nSPS) is 19.2. The summed E-state index contributed by atoms with van der Waals surface area (Å²) in [6.45, 7) is 20.6. The molecule has 288 valence electrons. The second-order valence-corrected chi connectivity index (χ2v) is 16.6. The number of ether oxygens (including phenoxy) is 1. The van der Waals surface area contributed by atoms with Gasteiger partial charge in [0, 0.05) is 13.1 Å². The largest absolute Gasteiger partial charge is 0.458 e. The monoisotopic (exact) mass is 723 g/mol. The number of carbonyl (C=O) groups is 6. The van der Waals surface area contributed by atoms with Gasteiger partial charge in [-0.3, -0.25) is 19.2 Å². The summed E-state index contributed by atoms with van der Waals surface area (Å²) < 4.78 is 5.63. The van der Waals surface area contributed by atoms with Crippen LogP contribution in [0.3, 0.4) is 0 Å². The van der Waals surface area contributed by atoms with Gasteiger partial charge in [-0.1, -0.05) is 84.7 Å². The van der Waals surface area contributed by atoms with E-state index in [0.717, 1.165) is 17.5 Å². The molecule has 3 rings (SSSR count). The van der Waals surface area contributed by atoms with Gasteiger partial charge >= 0.3 is 12.0 Å². The third-order valence-corrected chi connectivity index (χ3v) is 9.85. The Hall–Kier alpha value is -4.22. The molecular formula is C40H61N5O7. The Labute approximate surface area is 309 Å². The number of hydrogen-bond acceptors (Lipinski definition) is 7. The van der Waals surface area contributed by atoms with Gasteiger partial charge in [-0.05, 0) is 80.8 Å². The Kier molecular flexibility index (Phi) is 14.6. The summed E-state index contributed by atoms with van der Waals surface area (Å²) >= 11 is 0. The first-order valence-corrected chi connectivity index (χ1v) is 18.7. The minimum absolute atomic E-state index is 0.0149. The second-order valence-electron chi connectivity index (χ2n) is 16.6. The number of hydrogen-bond donors (Lipinski definition) is 4. The van der Waals surface area contributed by atoms with Gasteiger partial charge in [0.1, 0.15) is 23.7 Å². The number of nitrogens with one attached hydrogen (secondary N) is 4. The van der Waals surface area contributed by atoms with Crippen molar-refractivity contribution in [3.05, 3.63) is 48.0 Å². The van der Waals surface area contributed by atoms with Crippen LogP contribution in [-0.2, 0) is 41.6 Å². The zero-order chi connectivity index (χ0) is 39.0. The van der Waals surface area contributed by atoms with E-state index in [1.165, 1.54) is 11.0 Å². The van der Waals surface area contributed by atoms with Crippen molar-refractivity contribution in [2.24, 2.45) is 23.2 Å². The molecular weight excluding hydrogens is 662 g/mol. The Morgan fingerprint density at radius 2 is 1.58 bits per heavy atom. The van der Waals surface area contributed by atoms with E-state index in [0.29, 0.717) is 25.7 Å². The summed E-state index contributed by atoms with van der Waals surface area (Å²) in [4.78, 5) is 83.5. The fraction of sp³-hybridized carbons (Fsp3) is 0.650. The summed E-state index contributed by atoms with van der Waals surface area (Å²) in [6, 6.07) is 3.16. The van der Waals surface area contributed by atoms with Crippen LogP contribution in [0.25, 0.3) is 0 Å². The zero-order valence-corrected chi connectivity index (χ0v) is 32.6. The van der Waals surface area contributed by atoms with Gasteiger partial charge in [-0.15, -0.1) is 6.58 Å². The lowest BCUT2D eigenvalue weighted by Gasteiger charge is -2.35. The maximum atomic E-state index is 14.8. The molecule has 1 saturated heterocycles. The average Bonchev–Trinajstić information content (AvgIpc) is 3.70. The number of benzene rings is 1. The van der Waals surface area contributed by atoms with Crippen molar-refractivity contribution in [3.8, 4) is 0 Å². The fourth-order valence-electron chi connectivity index (χ4n) is 7.13. The molecule has 1 aliphatic carbocycles. The van der Waals surface area contributed by atoms with Crippen LogP contribution in [-0.4, -0.2) is 83.3 Å². The van der Waals surface area contributed by atoms with Crippen molar-refractivity contribution < 1.29 is 33.5 Å². The van der Waals surface area contributed by atoms with E-state index in [1.54, 1.807) is 20.8 Å². The molecule has 52 heavy (non-hydrogen) atoms. The molecule has 1 heterocycles. The van der Waals surface area contributed by atoms with Crippen LogP contribution in [0.4, 0.5) is 4.79 Å². The Bertz CT molecular complexity index is 1450. The number of carbonyl (C=O) groups excluding carboxylic acids is 6. The molecule has 5 atom stereocenters. The SMILES string of the molecule is C=CCNC(=O)C(=O)C(CCCC)NC(=O)[C@@H]1[C@@H](C(C)C)CCN1C(=O)[C@@H](NC(=O)N[C@H](C(=O)OC(C)(C)C)C(C)(C)C)C1Cc2ccccc2C1. The highest BCUT2D eigenvalue weighted by Crippen LogP contribution is 2.35. The predicted octanol–water partition coefficient (Wildman–Crippen LogP) is 4.25. The molecule has 4 N–H and O–H groups in total. The van der Waals surface area contributed by atoms with E-state index in [1.807, 2.05) is 65.8 Å². The maximum absolute atomic E-state index is 14.8. The van der Waals surface area contributed by atoms with Crippen LogP contribution in [0.1, 0.15) is 99.1 Å². The first-order valence-electron chi connectivity index (χ1n) is 18.7. The minimum atomic E-state index is -1.06. The quantitative estimate of drug-likeness (QED) is 0.120. The molecule has 1 aromatic rings. The third-order valence-electron chi connectivity index (χ3n) is 9.85. The molecule has 1 aliphatic heterocycles. The van der Waals surface area contributed by atoms with Gasteiger partial charge in [0.05, 0.1) is 6.04 Å². The topological polar surface area (TPSA) is 163 Å². The average molecular weight is 724 g/mol. The fourth-order valence-corrected chi connectivity index (χ4v) is 7.13. The standard InChI is InChI=1S/C40H61N5O7/c1-11-13-18-29(32(46)35(48)41-20-12-2)42-34(47)31-28(24(3)4)19-21-45(31)36(49)30(27-22-25-16-14-15-17-26(25)23-27)43-38(51)44-33(39(5,6)7)37(50)52-40(8,9)10/h12,14-17,24,27-31,33H,2,11,13,18-23H2,1,3-10H3,(H,41,48)(H,42,47)(H2,43,44,51)/t28-,29?,30+,31+,33-/m1/s1. The number of nitrogens with zero attached hydrogens (tertiary/aromatic N) is 1. The summed E-state index contributed by atoms with van der Waals surface area (Å²) in [5.74, 6) is -3.61.